The highest BCUT2D eigenvalue weighted by molar-refractivity contribution is 9.09. The van der Waals surface area contributed by atoms with Gasteiger partial charge in [0.05, 0.1) is 64.9 Å². The maximum atomic E-state index is 10.6. The summed E-state index contributed by atoms with van der Waals surface area (Å²) in [7, 11) is 0. The Bertz CT molecular complexity index is 1490. The van der Waals surface area contributed by atoms with Gasteiger partial charge in [0.2, 0.25) is 0 Å². The van der Waals surface area contributed by atoms with Gasteiger partial charge < -0.3 is 26.0 Å². The SMILES string of the molecule is C=CCBr.C=CCOCc1cc(N)cc(N)c1.C=CCOCc1cc([N+](=O)[O-])cc([N+](=O)[O-])c1.O=[N+]([O-])c1cc(CO)cc([N+](=O)[O-])c1. The lowest BCUT2D eigenvalue weighted by Crippen LogP contribution is -1.98. The van der Waals surface area contributed by atoms with Crippen molar-refractivity contribution in [1.82, 2.24) is 0 Å². The number of nitrogen functional groups attached to an aromatic ring is 2. The summed E-state index contributed by atoms with van der Waals surface area (Å²) in [4.78, 5) is 39.0. The number of non-ortho nitro benzene ring substituents is 4. The first kappa shape index (κ1) is 42.4. The number of ether oxygens (including phenoxy) is 2. The van der Waals surface area contributed by atoms with E-state index in [1.807, 2.05) is 12.1 Å². The minimum Gasteiger partial charge on any atom is -0.399 e. The summed E-state index contributed by atoms with van der Waals surface area (Å²) >= 11 is 3.13. The summed E-state index contributed by atoms with van der Waals surface area (Å²) < 4.78 is 10.3. The van der Waals surface area contributed by atoms with E-state index in [4.69, 9.17) is 26.0 Å². The predicted octanol–water partition coefficient (Wildman–Crippen LogP) is 6.32. The maximum Gasteiger partial charge on any atom is 0.276 e. The van der Waals surface area contributed by atoms with Crippen molar-refractivity contribution in [3.05, 3.63) is 150 Å². The van der Waals surface area contributed by atoms with Gasteiger partial charge in [0.15, 0.2) is 0 Å². The molecule has 0 bridgehead atoms. The van der Waals surface area contributed by atoms with Crippen LogP contribution in [0, 0.1) is 40.5 Å². The highest BCUT2D eigenvalue weighted by Gasteiger charge is 2.17. The second kappa shape index (κ2) is 23.7. The van der Waals surface area contributed by atoms with Gasteiger partial charge in [-0.1, -0.05) is 34.2 Å². The third-order valence-electron chi connectivity index (χ3n) is 5.11. The number of halogens is 1. The van der Waals surface area contributed by atoms with Crippen LogP contribution < -0.4 is 11.5 Å². The van der Waals surface area contributed by atoms with Gasteiger partial charge in [0.1, 0.15) is 0 Å². The van der Waals surface area contributed by atoms with E-state index < -0.39 is 37.7 Å². The minimum atomic E-state index is -0.744. The average Bonchev–Trinajstić information content (AvgIpc) is 3.04. The quantitative estimate of drug-likeness (QED) is 0.0409. The molecule has 0 unspecified atom stereocenters. The van der Waals surface area contributed by atoms with Crippen LogP contribution in [0.3, 0.4) is 0 Å². The summed E-state index contributed by atoms with van der Waals surface area (Å²) in [5.41, 5.74) is 12.6. The Morgan fingerprint density at radius 2 is 0.917 bits per heavy atom. The molecule has 0 aliphatic heterocycles. The molecule has 0 fully saturated rings. The second-order valence-corrected chi connectivity index (χ2v) is 9.61. The summed E-state index contributed by atoms with van der Waals surface area (Å²) in [6.07, 6.45) is 5.02. The van der Waals surface area contributed by atoms with E-state index in [0.717, 1.165) is 35.2 Å². The van der Waals surface area contributed by atoms with Gasteiger partial charge >= 0.3 is 0 Å². The topological polar surface area (TPSA) is 263 Å². The van der Waals surface area contributed by atoms with Gasteiger partial charge in [-0.3, -0.25) is 40.5 Å². The van der Waals surface area contributed by atoms with Gasteiger partial charge in [0, 0.05) is 41.0 Å². The van der Waals surface area contributed by atoms with E-state index >= 15 is 0 Å². The lowest BCUT2D eigenvalue weighted by Gasteiger charge is -2.04. The van der Waals surface area contributed by atoms with Gasteiger partial charge in [-0.15, -0.1) is 19.7 Å². The van der Waals surface area contributed by atoms with Crippen molar-refractivity contribution in [2.45, 2.75) is 19.8 Å². The molecule has 0 radical (unpaired) electrons. The molecule has 0 saturated carbocycles. The van der Waals surface area contributed by atoms with Crippen molar-refractivity contribution in [2.24, 2.45) is 0 Å². The third-order valence-corrected chi connectivity index (χ3v) is 5.56. The highest BCUT2D eigenvalue weighted by Crippen LogP contribution is 2.24. The second-order valence-electron chi connectivity index (χ2n) is 8.96. The molecule has 0 aromatic heterocycles. The van der Waals surface area contributed by atoms with E-state index in [2.05, 4.69) is 35.7 Å². The summed E-state index contributed by atoms with van der Waals surface area (Å²) in [5, 5.41) is 51.5. The number of allylic oxidation sites excluding steroid dienone is 1. The van der Waals surface area contributed by atoms with E-state index in [-0.39, 0.29) is 30.2 Å². The Balaban J connectivity index is 0.000000658. The number of nitro benzene ring substituents is 4. The van der Waals surface area contributed by atoms with Crippen LogP contribution in [0.1, 0.15) is 16.7 Å². The van der Waals surface area contributed by atoms with Crippen LogP contribution in [0.4, 0.5) is 34.1 Å². The van der Waals surface area contributed by atoms with Crippen LogP contribution in [0.15, 0.2) is 92.6 Å². The standard InChI is InChI=1S/C10H10N2O5.C10H14N2O.C7H6N2O5.C3H5Br/c1-2-3-17-7-8-4-9(11(13)14)6-10(5-8)12(15)16;1-2-3-13-7-8-4-9(11)6-10(12)5-8;10-4-5-1-6(8(11)12)3-7(2-5)9(13)14;1-2-3-4/h2,4-6H,1,3,7H2;2,4-6H,1,3,7,11-12H2;1-3,10H,4H2;2H,1,3H2. The van der Waals surface area contributed by atoms with Gasteiger partial charge in [0.25, 0.3) is 22.7 Å². The Labute approximate surface area is 283 Å². The number of hydrogen-bond acceptors (Lipinski definition) is 13. The smallest absolute Gasteiger partial charge is 0.276 e. The van der Waals surface area contributed by atoms with Crippen LogP contribution in [0.5, 0.6) is 0 Å². The van der Waals surface area contributed by atoms with Crippen LogP contribution >= 0.6 is 15.9 Å². The number of nitro groups is 4. The Morgan fingerprint density at radius 3 is 1.19 bits per heavy atom. The number of rotatable bonds is 14. The molecule has 0 aliphatic carbocycles. The number of nitrogens with two attached hydrogens (primary N) is 2. The van der Waals surface area contributed by atoms with E-state index in [0.29, 0.717) is 30.2 Å². The molecule has 3 rings (SSSR count). The lowest BCUT2D eigenvalue weighted by molar-refractivity contribution is -0.394. The number of hydrogen-bond donors (Lipinski definition) is 3. The fraction of sp³-hybridized carbons (Fsp3) is 0.200. The number of anilines is 2. The molecule has 18 heteroatoms. The maximum absolute atomic E-state index is 10.6. The summed E-state index contributed by atoms with van der Waals surface area (Å²) in [6.45, 7) is 11.3. The van der Waals surface area contributed by atoms with Crippen LogP contribution in [-0.4, -0.2) is 43.3 Å². The van der Waals surface area contributed by atoms with Gasteiger partial charge in [-0.2, -0.15) is 0 Å². The number of benzene rings is 3. The van der Waals surface area contributed by atoms with Crippen molar-refractivity contribution in [1.29, 1.82) is 0 Å². The Kier molecular flexibility index (Phi) is 21.0. The third kappa shape index (κ3) is 17.8. The zero-order valence-electron chi connectivity index (χ0n) is 25.6. The van der Waals surface area contributed by atoms with Crippen molar-refractivity contribution >= 4 is 50.1 Å². The number of alkyl halides is 1. The normalized spacial score (nSPS) is 9.54. The van der Waals surface area contributed by atoms with Crippen molar-refractivity contribution in [3.63, 3.8) is 0 Å². The molecule has 17 nitrogen and oxygen atoms in total. The van der Waals surface area contributed by atoms with E-state index in [1.54, 1.807) is 18.2 Å². The summed E-state index contributed by atoms with van der Waals surface area (Å²) in [6, 6.07) is 11.8. The van der Waals surface area contributed by atoms with Crippen LogP contribution in [0.2, 0.25) is 0 Å². The van der Waals surface area contributed by atoms with Crippen molar-refractivity contribution in [3.8, 4) is 0 Å². The van der Waals surface area contributed by atoms with E-state index in [1.165, 1.54) is 18.2 Å². The first-order valence-electron chi connectivity index (χ1n) is 13.4. The van der Waals surface area contributed by atoms with Crippen LogP contribution in [0.25, 0.3) is 0 Å². The van der Waals surface area contributed by atoms with Gasteiger partial charge in [-0.25, -0.2) is 0 Å². The summed E-state index contributed by atoms with van der Waals surface area (Å²) in [5.74, 6) is 0. The molecule has 0 heterocycles. The van der Waals surface area contributed by atoms with Crippen LogP contribution in [-0.2, 0) is 29.3 Å². The molecular weight excluding hydrogens is 700 g/mol. The monoisotopic (exact) mass is 734 g/mol. The molecule has 0 saturated heterocycles. The molecule has 0 amide bonds. The van der Waals surface area contributed by atoms with E-state index in [9.17, 15) is 40.5 Å². The highest BCUT2D eigenvalue weighted by atomic mass is 79.9. The molecule has 0 atom stereocenters. The molecule has 0 aliphatic rings. The largest absolute Gasteiger partial charge is 0.399 e. The first-order chi connectivity index (χ1) is 22.7. The minimum absolute atomic E-state index is 0.0640. The Hall–Kier alpha value is -5.56. The predicted molar refractivity (Wildman–Crippen MR) is 184 cm³/mol. The average molecular weight is 736 g/mol. The van der Waals surface area contributed by atoms with Gasteiger partial charge in [-0.05, 0) is 34.9 Å². The number of aliphatic hydroxyl groups is 1. The Morgan fingerprint density at radius 1 is 0.604 bits per heavy atom. The zero-order chi connectivity index (χ0) is 36.6. The fourth-order valence-electron chi connectivity index (χ4n) is 3.26. The molecule has 5 N–H and O–H groups in total. The molecule has 3 aromatic rings. The molecular formula is C30H35BrN6O11. The molecule has 0 spiro atoms. The molecule has 258 valence electrons. The molecule has 48 heavy (non-hydrogen) atoms. The molecule has 3 aromatic carbocycles. The first-order valence-corrected chi connectivity index (χ1v) is 14.5. The van der Waals surface area contributed by atoms with Crippen molar-refractivity contribution < 1.29 is 34.3 Å². The lowest BCUT2D eigenvalue weighted by atomic mass is 10.2. The number of aliphatic hydroxyl groups excluding tert-OH is 1. The zero-order valence-corrected chi connectivity index (χ0v) is 27.2. The fourth-order valence-corrected chi connectivity index (χ4v) is 3.26. The van der Waals surface area contributed by atoms with Crippen molar-refractivity contribution in [2.75, 3.05) is 30.0 Å². The number of nitrogens with zero attached hydrogens (tertiary/aromatic N) is 4.